The molecule has 2 aromatic rings. The minimum atomic E-state index is -0.0498. The molecule has 6 nitrogen and oxygen atoms in total. The normalized spacial score (nSPS) is 13.9. The van der Waals surface area contributed by atoms with Gasteiger partial charge in [-0.25, -0.2) is 0 Å². The highest BCUT2D eigenvalue weighted by Crippen LogP contribution is 2.19. The summed E-state index contributed by atoms with van der Waals surface area (Å²) in [5, 5.41) is 7.56. The average molecular weight is 397 g/mol. The molecule has 156 valence electrons. The maximum absolute atomic E-state index is 12.6. The predicted molar refractivity (Wildman–Crippen MR) is 115 cm³/mol. The Bertz CT molecular complexity index is 879. The minimum absolute atomic E-state index is 0.0439. The molecule has 1 saturated heterocycles. The van der Waals surface area contributed by atoms with Gasteiger partial charge in [0.25, 0.3) is 5.91 Å². The Hall–Kier alpha value is -2.63. The molecule has 3 rings (SSSR count). The van der Waals surface area contributed by atoms with Crippen LogP contribution in [0.2, 0.25) is 0 Å². The molecule has 2 amide bonds. The summed E-state index contributed by atoms with van der Waals surface area (Å²) in [6.07, 6.45) is 3.18. The number of aromatic nitrogens is 2. The van der Waals surface area contributed by atoms with Crippen molar-refractivity contribution in [2.75, 3.05) is 18.4 Å². The number of aryl methyl sites for hydroxylation is 1. The molecule has 0 bridgehead atoms. The second-order valence-electron chi connectivity index (χ2n) is 8.35. The summed E-state index contributed by atoms with van der Waals surface area (Å²) >= 11 is 0. The van der Waals surface area contributed by atoms with E-state index in [4.69, 9.17) is 0 Å². The van der Waals surface area contributed by atoms with E-state index in [2.05, 4.69) is 31.2 Å². The number of benzene rings is 1. The van der Waals surface area contributed by atoms with Crippen LogP contribution < -0.4 is 5.32 Å². The lowest BCUT2D eigenvalue weighted by molar-refractivity contribution is -0.116. The van der Waals surface area contributed by atoms with Crippen LogP contribution in [-0.2, 0) is 17.8 Å². The second-order valence-corrected chi connectivity index (χ2v) is 8.35. The van der Waals surface area contributed by atoms with Gasteiger partial charge in [-0.15, -0.1) is 0 Å². The molecule has 1 aromatic carbocycles. The molecule has 29 heavy (non-hydrogen) atoms. The van der Waals surface area contributed by atoms with E-state index in [1.165, 1.54) is 0 Å². The van der Waals surface area contributed by atoms with Crippen LogP contribution in [-0.4, -0.2) is 39.6 Å². The van der Waals surface area contributed by atoms with E-state index in [0.29, 0.717) is 30.0 Å². The minimum Gasteiger partial charge on any atom is -0.339 e. The molecular weight excluding hydrogens is 364 g/mol. The fourth-order valence-electron chi connectivity index (χ4n) is 3.91. The first-order valence-electron chi connectivity index (χ1n) is 10.6. The average Bonchev–Trinajstić information content (AvgIpc) is 3.29. The lowest BCUT2D eigenvalue weighted by Crippen LogP contribution is -2.27. The van der Waals surface area contributed by atoms with Crippen LogP contribution in [0.15, 0.2) is 24.3 Å². The third-order valence-corrected chi connectivity index (χ3v) is 5.46. The van der Waals surface area contributed by atoms with E-state index in [1.807, 2.05) is 34.7 Å². The zero-order chi connectivity index (χ0) is 21.0. The lowest BCUT2D eigenvalue weighted by atomic mass is 10.1. The van der Waals surface area contributed by atoms with Crippen LogP contribution in [0.5, 0.6) is 0 Å². The topological polar surface area (TPSA) is 67.2 Å². The molecule has 0 aliphatic carbocycles. The largest absolute Gasteiger partial charge is 0.339 e. The quantitative estimate of drug-likeness (QED) is 0.770. The third-order valence-electron chi connectivity index (χ3n) is 5.46. The summed E-state index contributed by atoms with van der Waals surface area (Å²) in [5.41, 5.74) is 4.59. The number of hydrogen-bond donors (Lipinski definition) is 1. The lowest BCUT2D eigenvalue weighted by Gasteiger charge is -2.15. The predicted octanol–water partition coefficient (Wildman–Crippen LogP) is 3.96. The fraction of sp³-hybridized carbons (Fsp3) is 0.522. The summed E-state index contributed by atoms with van der Waals surface area (Å²) in [5.74, 6) is 0.522. The van der Waals surface area contributed by atoms with Crippen molar-refractivity contribution in [3.8, 4) is 0 Å². The highest BCUT2D eigenvalue weighted by molar-refractivity contribution is 5.97. The summed E-state index contributed by atoms with van der Waals surface area (Å²) in [6, 6.07) is 7.24. The maximum atomic E-state index is 12.6. The Morgan fingerprint density at radius 1 is 1.17 bits per heavy atom. The van der Waals surface area contributed by atoms with Crippen LogP contribution in [0.25, 0.3) is 0 Å². The monoisotopic (exact) mass is 396 g/mol. The van der Waals surface area contributed by atoms with Crippen LogP contribution in [0.3, 0.4) is 0 Å². The van der Waals surface area contributed by atoms with Gasteiger partial charge in [-0.1, -0.05) is 19.9 Å². The smallest absolute Gasteiger partial charge is 0.253 e. The number of rotatable bonds is 7. The first kappa shape index (κ1) is 21.1. The van der Waals surface area contributed by atoms with Gasteiger partial charge in [-0.2, -0.15) is 5.10 Å². The molecule has 6 heteroatoms. The van der Waals surface area contributed by atoms with E-state index in [9.17, 15) is 9.59 Å². The number of carbonyl (C=O) groups excluding carboxylic acids is 2. The Labute approximate surface area is 173 Å². The van der Waals surface area contributed by atoms with Gasteiger partial charge in [0.2, 0.25) is 5.91 Å². The molecule has 2 heterocycles. The van der Waals surface area contributed by atoms with Gasteiger partial charge in [-0.3, -0.25) is 14.3 Å². The van der Waals surface area contributed by atoms with Crippen molar-refractivity contribution in [3.05, 3.63) is 46.8 Å². The number of nitrogens with one attached hydrogen (secondary N) is 1. The summed E-state index contributed by atoms with van der Waals surface area (Å²) < 4.78 is 2.04. The van der Waals surface area contributed by atoms with E-state index < -0.39 is 0 Å². The summed E-state index contributed by atoms with van der Waals surface area (Å²) in [7, 11) is 0. The van der Waals surface area contributed by atoms with Crippen LogP contribution in [0.1, 0.15) is 60.4 Å². The Kier molecular flexibility index (Phi) is 6.72. The van der Waals surface area contributed by atoms with Crippen molar-refractivity contribution in [3.63, 3.8) is 0 Å². The SMILES string of the molecule is Cc1nn(CC(C)C)c(C)c1CCC(=O)Nc1cccc(C(=O)N2CCCC2)c1. The first-order valence-corrected chi connectivity index (χ1v) is 10.6. The Balaban J connectivity index is 1.59. The zero-order valence-electron chi connectivity index (χ0n) is 18.0. The summed E-state index contributed by atoms with van der Waals surface area (Å²) in [4.78, 5) is 26.9. The number of nitrogens with zero attached hydrogens (tertiary/aromatic N) is 3. The van der Waals surface area contributed by atoms with Gasteiger partial charge >= 0.3 is 0 Å². The van der Waals surface area contributed by atoms with Gasteiger partial charge in [0.1, 0.15) is 0 Å². The first-order chi connectivity index (χ1) is 13.8. The van der Waals surface area contributed by atoms with Crippen molar-refractivity contribution in [1.29, 1.82) is 0 Å². The van der Waals surface area contributed by atoms with Crippen LogP contribution in [0, 0.1) is 19.8 Å². The molecule has 0 radical (unpaired) electrons. The van der Waals surface area contributed by atoms with Gasteiger partial charge < -0.3 is 10.2 Å². The van der Waals surface area contributed by atoms with Crippen molar-refractivity contribution in [2.24, 2.45) is 5.92 Å². The van der Waals surface area contributed by atoms with Crippen LogP contribution >= 0.6 is 0 Å². The second kappa shape index (κ2) is 9.25. The number of likely N-dealkylation sites (tertiary alicyclic amines) is 1. The van der Waals surface area contributed by atoms with Crippen molar-refractivity contribution >= 4 is 17.5 Å². The maximum Gasteiger partial charge on any atom is 0.253 e. The van der Waals surface area contributed by atoms with E-state index >= 15 is 0 Å². The number of anilines is 1. The molecule has 1 aliphatic rings. The highest BCUT2D eigenvalue weighted by atomic mass is 16.2. The van der Waals surface area contributed by atoms with E-state index in [0.717, 1.165) is 49.4 Å². The Morgan fingerprint density at radius 3 is 2.59 bits per heavy atom. The molecule has 1 aliphatic heterocycles. The van der Waals surface area contributed by atoms with Gasteiger partial charge in [0, 0.05) is 43.0 Å². The Morgan fingerprint density at radius 2 is 1.90 bits per heavy atom. The van der Waals surface area contributed by atoms with E-state index in [1.54, 1.807) is 6.07 Å². The van der Waals surface area contributed by atoms with Crippen LogP contribution in [0.4, 0.5) is 5.69 Å². The van der Waals surface area contributed by atoms with Crippen molar-refractivity contribution < 1.29 is 9.59 Å². The standard InChI is InChI=1S/C23H32N4O2/c1-16(2)15-27-18(4)21(17(3)25-27)10-11-22(28)24-20-9-7-8-19(14-20)23(29)26-12-5-6-13-26/h7-9,14,16H,5-6,10-13,15H2,1-4H3,(H,24,28). The highest BCUT2D eigenvalue weighted by Gasteiger charge is 2.20. The molecule has 0 spiro atoms. The molecule has 0 saturated carbocycles. The third kappa shape index (κ3) is 5.25. The van der Waals surface area contributed by atoms with Crippen molar-refractivity contribution in [1.82, 2.24) is 14.7 Å². The molecule has 1 N–H and O–H groups in total. The fourth-order valence-corrected chi connectivity index (χ4v) is 3.91. The molecular formula is C23H32N4O2. The zero-order valence-corrected chi connectivity index (χ0v) is 18.0. The molecule has 1 fully saturated rings. The van der Waals surface area contributed by atoms with Crippen molar-refractivity contribution in [2.45, 2.75) is 59.9 Å². The van der Waals surface area contributed by atoms with Gasteiger partial charge in [0.15, 0.2) is 0 Å². The van der Waals surface area contributed by atoms with Gasteiger partial charge in [0.05, 0.1) is 5.69 Å². The number of amides is 2. The molecule has 0 atom stereocenters. The number of carbonyl (C=O) groups is 2. The van der Waals surface area contributed by atoms with Gasteiger partial charge in [-0.05, 0) is 62.8 Å². The molecule has 1 aromatic heterocycles. The summed E-state index contributed by atoms with van der Waals surface area (Å²) in [6.45, 7) is 10.9. The molecule has 0 unspecified atom stereocenters. The van der Waals surface area contributed by atoms with E-state index in [-0.39, 0.29) is 11.8 Å². The number of hydrogen-bond acceptors (Lipinski definition) is 3.